The maximum absolute atomic E-state index is 13.6. The molecule has 200 valence electrons. The normalized spacial score (nSPS) is 13.1. The Morgan fingerprint density at radius 3 is 2.24 bits per heavy atom. The second-order valence-electron chi connectivity index (χ2n) is 8.21. The van der Waals surface area contributed by atoms with Crippen LogP contribution in [0.3, 0.4) is 0 Å². The fraction of sp³-hybridized carbons (Fsp3) is 0.292. The zero-order chi connectivity index (χ0) is 27.4. The molecule has 0 aliphatic carbocycles. The number of benzene rings is 1. The highest BCUT2D eigenvalue weighted by atomic mass is 35.5. The monoisotopic (exact) mass is 559 g/mol. The summed E-state index contributed by atoms with van der Waals surface area (Å²) < 4.78 is 47.9. The van der Waals surface area contributed by atoms with Crippen LogP contribution in [0.15, 0.2) is 49.1 Å². The lowest BCUT2D eigenvalue weighted by Crippen LogP contribution is -2.33. The Labute approximate surface area is 225 Å². The van der Waals surface area contributed by atoms with E-state index in [4.69, 9.17) is 25.8 Å². The minimum atomic E-state index is -4.14. The maximum Gasteiger partial charge on any atom is 0.243 e. The van der Waals surface area contributed by atoms with Gasteiger partial charge in [0.2, 0.25) is 16.0 Å². The predicted octanol–water partition coefficient (Wildman–Crippen LogP) is 3.62. The van der Waals surface area contributed by atoms with Gasteiger partial charge in [0, 0.05) is 37.5 Å². The number of anilines is 1. The first kappa shape index (κ1) is 27.2. The van der Waals surface area contributed by atoms with Gasteiger partial charge in [-0.05, 0) is 37.6 Å². The second-order valence-corrected chi connectivity index (χ2v) is 10.7. The molecular formula is C24H26ClN7O5S. The SMILES string of the molecule is COc1cccc(OC)c1-n1c(NS(=O)(=O)[C@@H](C)[C@H](OC)c2ncc(Cl)cn2)nnc1-c1cncc(C)c1. The molecule has 3 heterocycles. The third-order valence-corrected chi connectivity index (χ3v) is 7.61. The van der Waals surface area contributed by atoms with Gasteiger partial charge >= 0.3 is 0 Å². The Kier molecular flexibility index (Phi) is 8.09. The lowest BCUT2D eigenvalue weighted by Gasteiger charge is -2.22. The van der Waals surface area contributed by atoms with Crippen molar-refractivity contribution in [1.29, 1.82) is 0 Å². The lowest BCUT2D eigenvalue weighted by molar-refractivity contribution is 0.0950. The molecule has 1 N–H and O–H groups in total. The van der Waals surface area contributed by atoms with Gasteiger partial charge in [0.1, 0.15) is 28.5 Å². The Hall–Kier alpha value is -3.81. The van der Waals surface area contributed by atoms with Crippen LogP contribution in [0.25, 0.3) is 17.1 Å². The number of rotatable bonds is 10. The van der Waals surface area contributed by atoms with Crippen molar-refractivity contribution < 1.29 is 22.6 Å². The Morgan fingerprint density at radius 1 is 1.00 bits per heavy atom. The van der Waals surface area contributed by atoms with E-state index in [-0.39, 0.29) is 11.8 Å². The number of halogens is 1. The van der Waals surface area contributed by atoms with Crippen LogP contribution in [0.2, 0.25) is 5.02 Å². The van der Waals surface area contributed by atoms with Gasteiger partial charge in [0.15, 0.2) is 11.6 Å². The third kappa shape index (κ3) is 5.39. The highest BCUT2D eigenvalue weighted by Gasteiger charge is 2.35. The van der Waals surface area contributed by atoms with E-state index in [0.717, 1.165) is 5.56 Å². The number of para-hydroxylation sites is 1. The van der Waals surface area contributed by atoms with Gasteiger partial charge in [-0.2, -0.15) is 0 Å². The van der Waals surface area contributed by atoms with Gasteiger partial charge in [-0.25, -0.2) is 18.4 Å². The lowest BCUT2D eigenvalue weighted by atomic mass is 10.2. The van der Waals surface area contributed by atoms with Gasteiger partial charge in [-0.1, -0.05) is 17.7 Å². The quantitative estimate of drug-likeness (QED) is 0.306. The van der Waals surface area contributed by atoms with Crippen molar-refractivity contribution in [2.75, 3.05) is 26.1 Å². The van der Waals surface area contributed by atoms with Crippen molar-refractivity contribution in [3.63, 3.8) is 0 Å². The molecule has 1 aromatic carbocycles. The summed E-state index contributed by atoms with van der Waals surface area (Å²) in [6.45, 7) is 3.36. The average molecular weight is 560 g/mol. The van der Waals surface area contributed by atoms with Crippen LogP contribution in [-0.4, -0.2) is 64.7 Å². The van der Waals surface area contributed by atoms with Gasteiger partial charge in [-0.15, -0.1) is 10.2 Å². The summed E-state index contributed by atoms with van der Waals surface area (Å²) in [5.41, 5.74) is 1.88. The molecule has 3 aromatic heterocycles. The molecule has 0 aliphatic heterocycles. The number of hydrogen-bond acceptors (Lipinski definition) is 10. The van der Waals surface area contributed by atoms with Crippen molar-refractivity contribution >= 4 is 27.6 Å². The number of ether oxygens (including phenoxy) is 3. The van der Waals surface area contributed by atoms with E-state index in [1.165, 1.54) is 45.2 Å². The summed E-state index contributed by atoms with van der Waals surface area (Å²) in [7, 11) is 0.232. The van der Waals surface area contributed by atoms with E-state index < -0.39 is 21.4 Å². The molecule has 38 heavy (non-hydrogen) atoms. The number of sulfonamides is 1. The molecule has 12 nitrogen and oxygen atoms in total. The molecule has 0 bridgehead atoms. The summed E-state index contributed by atoms with van der Waals surface area (Å²) in [4.78, 5) is 12.5. The van der Waals surface area contributed by atoms with Crippen LogP contribution < -0.4 is 14.2 Å². The zero-order valence-corrected chi connectivity index (χ0v) is 22.9. The van der Waals surface area contributed by atoms with Crippen molar-refractivity contribution in [3.05, 3.63) is 65.5 Å². The molecule has 14 heteroatoms. The smallest absolute Gasteiger partial charge is 0.243 e. The van der Waals surface area contributed by atoms with Crippen LogP contribution in [0, 0.1) is 6.92 Å². The Balaban J connectivity index is 1.84. The van der Waals surface area contributed by atoms with E-state index in [1.54, 1.807) is 30.6 Å². The average Bonchev–Trinajstić information content (AvgIpc) is 3.31. The number of pyridine rings is 1. The van der Waals surface area contributed by atoms with E-state index in [2.05, 4.69) is 29.9 Å². The van der Waals surface area contributed by atoms with Crippen molar-refractivity contribution in [2.45, 2.75) is 25.2 Å². The molecule has 0 spiro atoms. The minimum Gasteiger partial charge on any atom is -0.494 e. The standard InChI is InChI=1S/C24H26ClN7O5S/c1-14-9-16(11-26-10-14)23-29-30-24(32(23)20-18(35-3)7-6-8-19(20)36-4)31-38(33,34)15(2)21(37-5)22-27-12-17(25)13-28-22/h6-13,15,21H,1-5H3,(H,30,31)/t15-,21-/m0/s1. The molecule has 2 atom stereocenters. The molecule has 0 saturated heterocycles. The molecule has 0 unspecified atom stereocenters. The molecule has 0 amide bonds. The summed E-state index contributed by atoms with van der Waals surface area (Å²) in [6, 6.07) is 7.04. The topological polar surface area (TPSA) is 143 Å². The van der Waals surface area contributed by atoms with E-state index >= 15 is 0 Å². The maximum atomic E-state index is 13.6. The van der Waals surface area contributed by atoms with Crippen molar-refractivity contribution in [2.24, 2.45) is 0 Å². The number of hydrogen-bond donors (Lipinski definition) is 1. The number of nitrogens with one attached hydrogen (secondary N) is 1. The largest absolute Gasteiger partial charge is 0.494 e. The van der Waals surface area contributed by atoms with Gasteiger partial charge in [0.25, 0.3) is 0 Å². The predicted molar refractivity (Wildman–Crippen MR) is 141 cm³/mol. The summed E-state index contributed by atoms with van der Waals surface area (Å²) in [6.07, 6.45) is 5.05. The fourth-order valence-corrected chi connectivity index (χ4v) is 5.07. The molecule has 4 rings (SSSR count). The second kappa shape index (κ2) is 11.3. The number of methoxy groups -OCH3 is 3. The highest BCUT2D eigenvalue weighted by molar-refractivity contribution is 7.93. The summed E-state index contributed by atoms with van der Waals surface area (Å²) in [5.74, 6) is 1.20. The zero-order valence-electron chi connectivity index (χ0n) is 21.3. The van der Waals surface area contributed by atoms with E-state index in [9.17, 15) is 8.42 Å². The van der Waals surface area contributed by atoms with Crippen molar-refractivity contribution in [3.8, 4) is 28.6 Å². The molecule has 0 fully saturated rings. The van der Waals surface area contributed by atoms with Crippen LogP contribution in [0.5, 0.6) is 11.5 Å². The highest BCUT2D eigenvalue weighted by Crippen LogP contribution is 2.38. The van der Waals surface area contributed by atoms with E-state index in [0.29, 0.717) is 33.6 Å². The first-order valence-corrected chi connectivity index (χ1v) is 13.2. The van der Waals surface area contributed by atoms with Crippen LogP contribution in [0.4, 0.5) is 5.95 Å². The van der Waals surface area contributed by atoms with Gasteiger partial charge in [0.05, 0.1) is 19.2 Å². The Bertz CT molecular complexity index is 1510. The van der Waals surface area contributed by atoms with Crippen LogP contribution in [-0.2, 0) is 14.8 Å². The number of nitrogens with zero attached hydrogens (tertiary/aromatic N) is 6. The van der Waals surface area contributed by atoms with E-state index in [1.807, 2.05) is 13.0 Å². The summed E-state index contributed by atoms with van der Waals surface area (Å²) in [5, 5.41) is 7.65. The number of aromatic nitrogens is 6. The molecular weight excluding hydrogens is 534 g/mol. The minimum absolute atomic E-state index is 0.0944. The number of aryl methyl sites for hydroxylation is 1. The van der Waals surface area contributed by atoms with Crippen molar-refractivity contribution in [1.82, 2.24) is 29.7 Å². The van der Waals surface area contributed by atoms with Gasteiger partial charge < -0.3 is 14.2 Å². The Morgan fingerprint density at radius 2 is 1.66 bits per heavy atom. The third-order valence-electron chi connectivity index (χ3n) is 5.72. The first-order valence-electron chi connectivity index (χ1n) is 11.3. The fourth-order valence-electron chi connectivity index (χ4n) is 3.84. The van der Waals surface area contributed by atoms with Crippen LogP contribution in [0.1, 0.15) is 24.4 Å². The first-order chi connectivity index (χ1) is 18.2. The molecule has 0 aliphatic rings. The van der Waals surface area contributed by atoms with Gasteiger partial charge in [-0.3, -0.25) is 14.3 Å². The molecule has 0 radical (unpaired) electrons. The van der Waals surface area contributed by atoms with Crippen LogP contribution >= 0.6 is 11.6 Å². The summed E-state index contributed by atoms with van der Waals surface area (Å²) >= 11 is 5.88. The molecule has 0 saturated carbocycles. The molecule has 4 aromatic rings.